The molecule has 0 aliphatic carbocycles. The monoisotopic (exact) mass is 216 g/mol. The van der Waals surface area contributed by atoms with Crippen LogP contribution >= 0.6 is 0 Å². The van der Waals surface area contributed by atoms with E-state index in [4.69, 9.17) is 5.84 Å². The lowest BCUT2D eigenvalue weighted by molar-refractivity contribution is 0.467. The first kappa shape index (κ1) is 10.9. The van der Waals surface area contributed by atoms with E-state index in [9.17, 15) is 0 Å². The van der Waals surface area contributed by atoms with Crippen molar-refractivity contribution >= 4 is 11.0 Å². The molecule has 0 aliphatic heterocycles. The molecule has 0 fully saturated rings. The van der Waals surface area contributed by atoms with Gasteiger partial charge >= 0.3 is 0 Å². The molecule has 1 aromatic carbocycles. The zero-order valence-electron chi connectivity index (χ0n) is 9.13. The van der Waals surface area contributed by atoms with Gasteiger partial charge in [-0.05, 0) is 18.6 Å². The van der Waals surface area contributed by atoms with Crippen molar-refractivity contribution in [1.82, 2.24) is 15.0 Å². The van der Waals surface area contributed by atoms with Gasteiger partial charge in [0.05, 0.1) is 17.4 Å². The van der Waals surface area contributed by atoms with E-state index in [0.29, 0.717) is 0 Å². The third kappa shape index (κ3) is 2.13. The van der Waals surface area contributed by atoms with Gasteiger partial charge in [0.2, 0.25) is 0 Å². The second kappa shape index (κ2) is 4.92. The van der Waals surface area contributed by atoms with Gasteiger partial charge in [0.25, 0.3) is 0 Å². The average molecular weight is 216 g/mol. The summed E-state index contributed by atoms with van der Waals surface area (Å²) < 4.78 is 2.10. The van der Waals surface area contributed by atoms with E-state index in [-0.39, 0.29) is 6.04 Å². The topological polar surface area (TPSA) is 55.9 Å². The third-order valence-electron chi connectivity index (χ3n) is 2.63. The van der Waals surface area contributed by atoms with Crippen LogP contribution in [0.15, 0.2) is 43.2 Å². The van der Waals surface area contributed by atoms with Crippen molar-refractivity contribution in [1.29, 1.82) is 0 Å². The molecule has 3 N–H and O–H groups in total. The SMILES string of the molecule is C=CCC(Cn1cnc2ccccc21)NN. The van der Waals surface area contributed by atoms with E-state index in [1.165, 1.54) is 0 Å². The van der Waals surface area contributed by atoms with Crippen molar-refractivity contribution in [3.8, 4) is 0 Å². The molecule has 0 amide bonds. The molecule has 1 atom stereocenters. The Labute approximate surface area is 94.7 Å². The lowest BCUT2D eigenvalue weighted by atomic mass is 10.2. The summed E-state index contributed by atoms with van der Waals surface area (Å²) in [5, 5.41) is 0. The van der Waals surface area contributed by atoms with Gasteiger partial charge in [-0.15, -0.1) is 6.58 Å². The number of hydrogen-bond acceptors (Lipinski definition) is 3. The first-order chi connectivity index (χ1) is 7.85. The van der Waals surface area contributed by atoms with E-state index in [0.717, 1.165) is 24.0 Å². The summed E-state index contributed by atoms with van der Waals surface area (Å²) in [4.78, 5) is 4.33. The van der Waals surface area contributed by atoms with Crippen LogP contribution in [0.25, 0.3) is 11.0 Å². The highest BCUT2D eigenvalue weighted by atomic mass is 15.2. The number of fused-ring (bicyclic) bond motifs is 1. The molecular weight excluding hydrogens is 200 g/mol. The second-order valence-electron chi connectivity index (χ2n) is 3.77. The number of nitrogens with one attached hydrogen (secondary N) is 1. The third-order valence-corrected chi connectivity index (χ3v) is 2.63. The van der Waals surface area contributed by atoms with Crippen LogP contribution < -0.4 is 11.3 Å². The van der Waals surface area contributed by atoms with E-state index < -0.39 is 0 Å². The summed E-state index contributed by atoms with van der Waals surface area (Å²) in [5.74, 6) is 5.49. The standard InChI is InChI=1S/C12H16N4/c1-2-5-10(15-13)8-16-9-14-11-6-3-4-7-12(11)16/h2-4,6-7,9-10,15H,1,5,8,13H2. The number of rotatable bonds is 5. The van der Waals surface area contributed by atoms with Crippen molar-refractivity contribution < 1.29 is 0 Å². The Morgan fingerprint density at radius 1 is 1.50 bits per heavy atom. The predicted octanol–water partition coefficient (Wildman–Crippen LogP) is 1.44. The largest absolute Gasteiger partial charge is 0.329 e. The van der Waals surface area contributed by atoms with Gasteiger partial charge in [0, 0.05) is 12.6 Å². The Morgan fingerprint density at radius 2 is 2.31 bits per heavy atom. The van der Waals surface area contributed by atoms with Crippen LogP contribution in [0.4, 0.5) is 0 Å². The molecule has 1 heterocycles. The molecule has 2 aromatic rings. The highest BCUT2D eigenvalue weighted by Crippen LogP contribution is 2.12. The highest BCUT2D eigenvalue weighted by Gasteiger charge is 2.07. The van der Waals surface area contributed by atoms with Gasteiger partial charge in [-0.3, -0.25) is 11.3 Å². The normalized spacial score (nSPS) is 12.8. The predicted molar refractivity (Wildman–Crippen MR) is 65.7 cm³/mol. The van der Waals surface area contributed by atoms with Gasteiger partial charge in [-0.1, -0.05) is 18.2 Å². The van der Waals surface area contributed by atoms with Crippen LogP contribution in [0.2, 0.25) is 0 Å². The minimum absolute atomic E-state index is 0.190. The summed E-state index contributed by atoms with van der Waals surface area (Å²) >= 11 is 0. The summed E-state index contributed by atoms with van der Waals surface area (Å²) in [7, 11) is 0. The van der Waals surface area contributed by atoms with Crippen LogP contribution in [0.5, 0.6) is 0 Å². The first-order valence-electron chi connectivity index (χ1n) is 5.32. The maximum absolute atomic E-state index is 5.49. The van der Waals surface area contributed by atoms with Crippen molar-refractivity contribution in [2.75, 3.05) is 0 Å². The quantitative estimate of drug-likeness (QED) is 0.452. The van der Waals surface area contributed by atoms with Gasteiger partial charge in [0.15, 0.2) is 0 Å². The molecule has 4 nitrogen and oxygen atoms in total. The van der Waals surface area contributed by atoms with E-state index in [2.05, 4.69) is 27.6 Å². The number of hydrazine groups is 1. The molecule has 4 heteroatoms. The minimum Gasteiger partial charge on any atom is -0.329 e. The smallest absolute Gasteiger partial charge is 0.0958 e. The molecule has 0 aliphatic rings. The molecule has 0 bridgehead atoms. The fraction of sp³-hybridized carbons (Fsp3) is 0.250. The van der Waals surface area contributed by atoms with Crippen LogP contribution in [0, 0.1) is 0 Å². The van der Waals surface area contributed by atoms with Crippen LogP contribution in [-0.2, 0) is 6.54 Å². The van der Waals surface area contributed by atoms with Crippen molar-refractivity contribution in [3.63, 3.8) is 0 Å². The first-order valence-corrected chi connectivity index (χ1v) is 5.32. The molecule has 0 saturated heterocycles. The highest BCUT2D eigenvalue weighted by molar-refractivity contribution is 5.74. The minimum atomic E-state index is 0.190. The van der Waals surface area contributed by atoms with Gasteiger partial charge in [-0.25, -0.2) is 4.98 Å². The zero-order valence-corrected chi connectivity index (χ0v) is 9.13. The molecule has 0 spiro atoms. The van der Waals surface area contributed by atoms with Crippen LogP contribution in [0.3, 0.4) is 0 Å². The molecule has 0 saturated carbocycles. The van der Waals surface area contributed by atoms with Crippen molar-refractivity contribution in [3.05, 3.63) is 43.2 Å². The Kier molecular flexibility index (Phi) is 3.34. The zero-order chi connectivity index (χ0) is 11.4. The van der Waals surface area contributed by atoms with Gasteiger partial charge in [-0.2, -0.15) is 0 Å². The summed E-state index contributed by atoms with van der Waals surface area (Å²) in [6.07, 6.45) is 4.55. The number of para-hydroxylation sites is 2. The molecule has 0 radical (unpaired) electrons. The molecule has 2 rings (SSSR count). The molecule has 84 valence electrons. The maximum Gasteiger partial charge on any atom is 0.0958 e. The van der Waals surface area contributed by atoms with E-state index >= 15 is 0 Å². The molecule has 16 heavy (non-hydrogen) atoms. The Morgan fingerprint density at radius 3 is 3.06 bits per heavy atom. The Balaban J connectivity index is 2.23. The van der Waals surface area contributed by atoms with Crippen molar-refractivity contribution in [2.24, 2.45) is 5.84 Å². The van der Waals surface area contributed by atoms with Crippen LogP contribution in [-0.4, -0.2) is 15.6 Å². The number of benzene rings is 1. The summed E-state index contributed by atoms with van der Waals surface area (Å²) in [5.41, 5.74) is 4.93. The summed E-state index contributed by atoms with van der Waals surface area (Å²) in [6, 6.07) is 8.25. The van der Waals surface area contributed by atoms with Crippen molar-refractivity contribution in [2.45, 2.75) is 19.0 Å². The van der Waals surface area contributed by atoms with Crippen LogP contribution in [0.1, 0.15) is 6.42 Å². The molecule has 1 aromatic heterocycles. The lowest BCUT2D eigenvalue weighted by Gasteiger charge is -2.14. The van der Waals surface area contributed by atoms with Gasteiger partial charge in [0.1, 0.15) is 0 Å². The maximum atomic E-state index is 5.49. The Bertz CT molecular complexity index is 475. The van der Waals surface area contributed by atoms with Gasteiger partial charge < -0.3 is 4.57 Å². The number of hydrogen-bond donors (Lipinski definition) is 2. The molecular formula is C12H16N4. The number of nitrogens with zero attached hydrogens (tertiary/aromatic N) is 2. The average Bonchev–Trinajstić information content (AvgIpc) is 2.72. The van der Waals surface area contributed by atoms with E-state index in [1.54, 1.807) is 0 Å². The lowest BCUT2D eigenvalue weighted by Crippen LogP contribution is -2.37. The van der Waals surface area contributed by atoms with E-state index in [1.807, 2.05) is 30.6 Å². The number of nitrogens with two attached hydrogens (primary N) is 1. The number of aromatic nitrogens is 2. The number of imidazole rings is 1. The Hall–Kier alpha value is -1.65. The second-order valence-corrected chi connectivity index (χ2v) is 3.77. The molecule has 1 unspecified atom stereocenters. The summed E-state index contributed by atoms with van der Waals surface area (Å²) in [6.45, 7) is 4.51. The fourth-order valence-electron chi connectivity index (χ4n) is 1.79. The fourth-order valence-corrected chi connectivity index (χ4v) is 1.79.